The van der Waals surface area contributed by atoms with Gasteiger partial charge in [0.05, 0.1) is 0 Å². The van der Waals surface area contributed by atoms with E-state index in [0.29, 0.717) is 0 Å². The Morgan fingerprint density at radius 3 is 2.22 bits per heavy atom. The molecule has 0 aliphatic rings. The molecule has 2 nitrogen and oxygen atoms in total. The molecule has 92 valence electrons. The number of benzene rings is 2. The van der Waals surface area contributed by atoms with E-state index in [9.17, 15) is 4.79 Å². The summed E-state index contributed by atoms with van der Waals surface area (Å²) in [7, 11) is 0. The summed E-state index contributed by atoms with van der Waals surface area (Å²) in [6.07, 6.45) is 0. The summed E-state index contributed by atoms with van der Waals surface area (Å²) >= 11 is 0. The van der Waals surface area contributed by atoms with Crippen LogP contribution in [0.15, 0.2) is 42.5 Å². The van der Waals surface area contributed by atoms with Crippen molar-refractivity contribution in [2.45, 2.75) is 20.8 Å². The summed E-state index contributed by atoms with van der Waals surface area (Å²) in [5.41, 5.74) is 5.16. The van der Waals surface area contributed by atoms with E-state index in [2.05, 4.69) is 18.3 Å². The number of hydrogen-bond donors (Lipinski definition) is 1. The molecule has 0 aromatic heterocycles. The van der Waals surface area contributed by atoms with E-state index in [-0.39, 0.29) is 5.78 Å². The first kappa shape index (κ1) is 12.4. The minimum atomic E-state index is 0.0977. The third-order valence-corrected chi connectivity index (χ3v) is 3.05. The van der Waals surface area contributed by atoms with E-state index in [1.165, 1.54) is 5.56 Å². The first-order valence-electron chi connectivity index (χ1n) is 6.02. The molecule has 0 heterocycles. The highest BCUT2D eigenvalue weighted by molar-refractivity contribution is 5.94. The molecule has 0 atom stereocenters. The molecule has 0 aliphatic heterocycles. The minimum absolute atomic E-state index is 0.0977. The molecule has 2 aromatic carbocycles. The molecule has 2 aromatic rings. The number of carbonyl (C=O) groups excluding carboxylic acids is 1. The van der Waals surface area contributed by atoms with E-state index < -0.39 is 0 Å². The number of anilines is 2. The monoisotopic (exact) mass is 239 g/mol. The van der Waals surface area contributed by atoms with Crippen LogP contribution in [0, 0.1) is 13.8 Å². The van der Waals surface area contributed by atoms with Crippen molar-refractivity contribution < 1.29 is 4.79 Å². The van der Waals surface area contributed by atoms with Gasteiger partial charge in [-0.25, -0.2) is 0 Å². The van der Waals surface area contributed by atoms with Crippen LogP contribution in [0.25, 0.3) is 0 Å². The van der Waals surface area contributed by atoms with Crippen LogP contribution < -0.4 is 5.32 Å². The zero-order valence-electron chi connectivity index (χ0n) is 10.9. The predicted molar refractivity (Wildman–Crippen MR) is 75.6 cm³/mol. The van der Waals surface area contributed by atoms with Crippen LogP contribution in [0.3, 0.4) is 0 Å². The lowest BCUT2D eigenvalue weighted by Gasteiger charge is -2.12. The fraction of sp³-hybridized carbons (Fsp3) is 0.188. The quantitative estimate of drug-likeness (QED) is 0.811. The van der Waals surface area contributed by atoms with Crippen molar-refractivity contribution in [3.8, 4) is 0 Å². The Balaban J connectivity index is 2.30. The van der Waals surface area contributed by atoms with Crippen LogP contribution in [0.4, 0.5) is 11.4 Å². The van der Waals surface area contributed by atoms with E-state index in [1.54, 1.807) is 6.92 Å². The zero-order valence-corrected chi connectivity index (χ0v) is 10.9. The predicted octanol–water partition coefficient (Wildman–Crippen LogP) is 4.25. The van der Waals surface area contributed by atoms with Gasteiger partial charge in [-0.3, -0.25) is 4.79 Å². The Morgan fingerprint density at radius 2 is 1.61 bits per heavy atom. The Kier molecular flexibility index (Phi) is 3.47. The molecule has 0 saturated heterocycles. The topological polar surface area (TPSA) is 29.1 Å². The lowest BCUT2D eigenvalue weighted by Crippen LogP contribution is -1.98. The molecule has 0 radical (unpaired) electrons. The SMILES string of the molecule is CC(=O)c1ccc(Nc2ccccc2C)c(C)c1. The molecule has 0 amide bonds. The van der Waals surface area contributed by atoms with Gasteiger partial charge in [0.15, 0.2) is 5.78 Å². The fourth-order valence-corrected chi connectivity index (χ4v) is 1.88. The van der Waals surface area contributed by atoms with Gasteiger partial charge in [-0.05, 0) is 56.2 Å². The second-order valence-electron chi connectivity index (χ2n) is 4.53. The van der Waals surface area contributed by atoms with Gasteiger partial charge in [0.1, 0.15) is 0 Å². The second-order valence-corrected chi connectivity index (χ2v) is 4.53. The van der Waals surface area contributed by atoms with Crippen molar-refractivity contribution in [1.29, 1.82) is 0 Å². The van der Waals surface area contributed by atoms with Gasteiger partial charge in [0, 0.05) is 16.9 Å². The van der Waals surface area contributed by atoms with E-state index in [0.717, 1.165) is 22.5 Å². The maximum atomic E-state index is 11.3. The number of aryl methyl sites for hydroxylation is 2. The average Bonchev–Trinajstić information content (AvgIpc) is 2.34. The van der Waals surface area contributed by atoms with Gasteiger partial charge in [0.25, 0.3) is 0 Å². The lowest BCUT2D eigenvalue weighted by molar-refractivity contribution is 0.101. The highest BCUT2D eigenvalue weighted by Crippen LogP contribution is 2.23. The summed E-state index contributed by atoms with van der Waals surface area (Å²) in [6, 6.07) is 13.9. The third-order valence-electron chi connectivity index (χ3n) is 3.05. The normalized spacial score (nSPS) is 10.2. The third kappa shape index (κ3) is 2.59. The standard InChI is InChI=1S/C16H17NO/c1-11-6-4-5-7-15(11)17-16-9-8-14(13(3)18)10-12(16)2/h4-10,17H,1-3H3. The molecule has 1 N–H and O–H groups in total. The lowest BCUT2D eigenvalue weighted by atomic mass is 10.1. The molecule has 0 unspecified atom stereocenters. The first-order valence-corrected chi connectivity index (χ1v) is 6.02. The molecule has 0 spiro atoms. The molecule has 18 heavy (non-hydrogen) atoms. The summed E-state index contributed by atoms with van der Waals surface area (Å²) in [6.45, 7) is 5.66. The Labute approximate surface area is 108 Å². The molecule has 0 bridgehead atoms. The second kappa shape index (κ2) is 5.05. The Morgan fingerprint density at radius 1 is 0.944 bits per heavy atom. The van der Waals surface area contributed by atoms with Crippen LogP contribution >= 0.6 is 0 Å². The smallest absolute Gasteiger partial charge is 0.159 e. The fourth-order valence-electron chi connectivity index (χ4n) is 1.88. The number of carbonyl (C=O) groups is 1. The summed E-state index contributed by atoms with van der Waals surface area (Å²) in [5, 5.41) is 3.40. The minimum Gasteiger partial charge on any atom is -0.355 e. The van der Waals surface area contributed by atoms with Crippen molar-refractivity contribution in [2.24, 2.45) is 0 Å². The van der Waals surface area contributed by atoms with Crippen molar-refractivity contribution in [1.82, 2.24) is 0 Å². The highest BCUT2D eigenvalue weighted by Gasteiger charge is 2.04. The van der Waals surface area contributed by atoms with Gasteiger partial charge in [0.2, 0.25) is 0 Å². The number of Topliss-reactive ketones (excluding diaryl/α,β-unsaturated/α-hetero) is 1. The number of hydrogen-bond acceptors (Lipinski definition) is 2. The summed E-state index contributed by atoms with van der Waals surface area (Å²) in [5.74, 6) is 0.0977. The van der Waals surface area contributed by atoms with Crippen molar-refractivity contribution in [3.05, 3.63) is 59.2 Å². The van der Waals surface area contributed by atoms with E-state index in [4.69, 9.17) is 0 Å². The van der Waals surface area contributed by atoms with Gasteiger partial charge >= 0.3 is 0 Å². The molecule has 0 saturated carbocycles. The number of para-hydroxylation sites is 1. The average molecular weight is 239 g/mol. The van der Waals surface area contributed by atoms with Crippen molar-refractivity contribution >= 4 is 17.2 Å². The molecule has 0 aliphatic carbocycles. The van der Waals surface area contributed by atoms with Crippen molar-refractivity contribution in [2.75, 3.05) is 5.32 Å². The largest absolute Gasteiger partial charge is 0.355 e. The van der Waals surface area contributed by atoms with Crippen LogP contribution in [-0.4, -0.2) is 5.78 Å². The number of nitrogens with one attached hydrogen (secondary N) is 1. The van der Waals surface area contributed by atoms with Crippen molar-refractivity contribution in [3.63, 3.8) is 0 Å². The summed E-state index contributed by atoms with van der Waals surface area (Å²) in [4.78, 5) is 11.3. The zero-order chi connectivity index (χ0) is 13.1. The molecule has 2 rings (SSSR count). The number of rotatable bonds is 3. The van der Waals surface area contributed by atoms with E-state index in [1.807, 2.05) is 43.3 Å². The van der Waals surface area contributed by atoms with Gasteiger partial charge in [-0.2, -0.15) is 0 Å². The molecular weight excluding hydrogens is 222 g/mol. The highest BCUT2D eigenvalue weighted by atomic mass is 16.1. The van der Waals surface area contributed by atoms with E-state index >= 15 is 0 Å². The molecule has 0 fully saturated rings. The van der Waals surface area contributed by atoms with Gasteiger partial charge in [-0.15, -0.1) is 0 Å². The van der Waals surface area contributed by atoms with Crippen LogP contribution in [0.2, 0.25) is 0 Å². The Hall–Kier alpha value is -2.09. The maximum Gasteiger partial charge on any atom is 0.159 e. The number of ketones is 1. The van der Waals surface area contributed by atoms with Crippen LogP contribution in [0.5, 0.6) is 0 Å². The van der Waals surface area contributed by atoms with Gasteiger partial charge in [-0.1, -0.05) is 18.2 Å². The molecule has 2 heteroatoms. The van der Waals surface area contributed by atoms with Gasteiger partial charge < -0.3 is 5.32 Å². The van der Waals surface area contributed by atoms with Crippen LogP contribution in [0.1, 0.15) is 28.4 Å². The Bertz CT molecular complexity index is 587. The summed E-state index contributed by atoms with van der Waals surface area (Å²) < 4.78 is 0. The molecular formula is C16H17NO. The maximum absolute atomic E-state index is 11.3. The first-order chi connectivity index (χ1) is 8.58. The van der Waals surface area contributed by atoms with Crippen LogP contribution in [-0.2, 0) is 0 Å².